The Balaban J connectivity index is 1.99. The molecule has 1 aliphatic rings. The summed E-state index contributed by atoms with van der Waals surface area (Å²) in [6, 6.07) is 0. The Morgan fingerprint density at radius 3 is 2.91 bits per heavy atom. The molecule has 2 heteroatoms. The third kappa shape index (κ3) is 3.21. The highest BCUT2D eigenvalue weighted by Gasteiger charge is 2.18. The van der Waals surface area contributed by atoms with Crippen molar-refractivity contribution in [1.82, 2.24) is 4.90 Å². The van der Waals surface area contributed by atoms with Crippen LogP contribution in [0.2, 0.25) is 0 Å². The normalized spacial score (nSPS) is 26.2. The van der Waals surface area contributed by atoms with Crippen molar-refractivity contribution in [2.24, 2.45) is 5.92 Å². The molecule has 1 saturated heterocycles. The van der Waals surface area contributed by atoms with Crippen molar-refractivity contribution in [3.63, 3.8) is 0 Å². The first-order valence-corrected chi connectivity index (χ1v) is 4.50. The van der Waals surface area contributed by atoms with Crippen LogP contribution in [0.3, 0.4) is 0 Å². The monoisotopic (exact) mass is 157 g/mol. The Hall–Kier alpha value is -0.0800. The molecule has 66 valence electrons. The third-order valence-corrected chi connectivity index (χ3v) is 2.45. The van der Waals surface area contributed by atoms with Gasteiger partial charge in [0, 0.05) is 20.3 Å². The minimum atomic E-state index is 0.931. The zero-order chi connectivity index (χ0) is 8.10. The first kappa shape index (κ1) is 9.01. The maximum atomic E-state index is 5.01. The van der Waals surface area contributed by atoms with Gasteiger partial charge in [-0.1, -0.05) is 0 Å². The predicted octanol–water partition coefficient (Wildman–Crippen LogP) is 1.36. The van der Waals surface area contributed by atoms with Crippen LogP contribution in [0.1, 0.15) is 19.3 Å². The van der Waals surface area contributed by atoms with E-state index >= 15 is 0 Å². The van der Waals surface area contributed by atoms with Gasteiger partial charge in [0.1, 0.15) is 0 Å². The Morgan fingerprint density at radius 1 is 1.55 bits per heavy atom. The zero-order valence-corrected chi connectivity index (χ0v) is 7.68. The SMILES string of the molecule is COCCCC1CCN(C)C1. The second-order valence-corrected chi connectivity index (χ2v) is 3.55. The molecule has 0 aromatic heterocycles. The smallest absolute Gasteiger partial charge is 0.0462 e. The van der Waals surface area contributed by atoms with E-state index in [0.717, 1.165) is 12.5 Å². The van der Waals surface area contributed by atoms with Crippen molar-refractivity contribution in [1.29, 1.82) is 0 Å². The van der Waals surface area contributed by atoms with E-state index in [4.69, 9.17) is 4.74 Å². The molecule has 0 N–H and O–H groups in total. The summed E-state index contributed by atoms with van der Waals surface area (Å²) >= 11 is 0. The van der Waals surface area contributed by atoms with Crippen LogP contribution in [0.15, 0.2) is 0 Å². The quantitative estimate of drug-likeness (QED) is 0.571. The summed E-state index contributed by atoms with van der Waals surface area (Å²) in [6.45, 7) is 3.52. The fourth-order valence-electron chi connectivity index (χ4n) is 1.78. The molecule has 11 heavy (non-hydrogen) atoms. The van der Waals surface area contributed by atoms with Crippen LogP contribution in [-0.2, 0) is 4.74 Å². The first-order valence-electron chi connectivity index (χ1n) is 4.50. The van der Waals surface area contributed by atoms with Crippen molar-refractivity contribution >= 4 is 0 Å². The Morgan fingerprint density at radius 2 is 2.36 bits per heavy atom. The standard InChI is InChI=1S/C9H19NO/c1-10-6-5-9(8-10)4-3-7-11-2/h9H,3-8H2,1-2H3. The highest BCUT2D eigenvalue weighted by Crippen LogP contribution is 2.18. The lowest BCUT2D eigenvalue weighted by atomic mass is 10.0. The summed E-state index contributed by atoms with van der Waals surface area (Å²) in [7, 11) is 3.98. The van der Waals surface area contributed by atoms with E-state index < -0.39 is 0 Å². The summed E-state index contributed by atoms with van der Waals surface area (Å²) in [5, 5.41) is 0. The van der Waals surface area contributed by atoms with Crippen LogP contribution in [0.25, 0.3) is 0 Å². The van der Waals surface area contributed by atoms with Crippen molar-refractivity contribution in [3.05, 3.63) is 0 Å². The van der Waals surface area contributed by atoms with Gasteiger partial charge in [-0.3, -0.25) is 0 Å². The molecule has 0 aromatic carbocycles. The van der Waals surface area contributed by atoms with Crippen LogP contribution in [0, 0.1) is 5.92 Å². The number of likely N-dealkylation sites (tertiary alicyclic amines) is 1. The minimum Gasteiger partial charge on any atom is -0.385 e. The summed E-state index contributed by atoms with van der Waals surface area (Å²) < 4.78 is 5.01. The highest BCUT2D eigenvalue weighted by molar-refractivity contribution is 4.72. The molecule has 0 saturated carbocycles. The molecule has 0 radical (unpaired) electrons. The molecule has 0 spiro atoms. The highest BCUT2D eigenvalue weighted by atomic mass is 16.5. The molecule has 0 aromatic rings. The lowest BCUT2D eigenvalue weighted by Crippen LogP contribution is -2.14. The summed E-state index contributed by atoms with van der Waals surface area (Å²) in [5.74, 6) is 0.940. The van der Waals surface area contributed by atoms with Gasteiger partial charge in [0.25, 0.3) is 0 Å². The maximum absolute atomic E-state index is 5.01. The minimum absolute atomic E-state index is 0.931. The van der Waals surface area contributed by atoms with E-state index in [1.165, 1.54) is 32.4 Å². The number of rotatable bonds is 4. The zero-order valence-electron chi connectivity index (χ0n) is 7.68. The first-order chi connectivity index (χ1) is 5.33. The van der Waals surface area contributed by atoms with Gasteiger partial charge in [0.05, 0.1) is 0 Å². The predicted molar refractivity (Wildman–Crippen MR) is 46.7 cm³/mol. The molecule has 2 nitrogen and oxygen atoms in total. The van der Waals surface area contributed by atoms with E-state index in [9.17, 15) is 0 Å². The van der Waals surface area contributed by atoms with Crippen LogP contribution >= 0.6 is 0 Å². The lowest BCUT2D eigenvalue weighted by Gasteiger charge is -2.09. The van der Waals surface area contributed by atoms with Gasteiger partial charge in [-0.25, -0.2) is 0 Å². The molecular weight excluding hydrogens is 138 g/mol. The van der Waals surface area contributed by atoms with Gasteiger partial charge in [0.15, 0.2) is 0 Å². The van der Waals surface area contributed by atoms with Gasteiger partial charge in [-0.2, -0.15) is 0 Å². The van der Waals surface area contributed by atoms with E-state index in [0.29, 0.717) is 0 Å². The third-order valence-electron chi connectivity index (χ3n) is 2.45. The van der Waals surface area contributed by atoms with Crippen LogP contribution < -0.4 is 0 Å². The average Bonchev–Trinajstić information content (AvgIpc) is 2.37. The van der Waals surface area contributed by atoms with Crippen LogP contribution in [0.5, 0.6) is 0 Å². The maximum Gasteiger partial charge on any atom is 0.0462 e. The van der Waals surface area contributed by atoms with Crippen molar-refractivity contribution in [2.75, 3.05) is 33.9 Å². The average molecular weight is 157 g/mol. The van der Waals surface area contributed by atoms with Crippen molar-refractivity contribution in [2.45, 2.75) is 19.3 Å². The van der Waals surface area contributed by atoms with E-state index in [1.807, 2.05) is 0 Å². The molecule has 1 aliphatic heterocycles. The molecule has 1 unspecified atom stereocenters. The van der Waals surface area contributed by atoms with Gasteiger partial charge < -0.3 is 9.64 Å². The number of hydrogen-bond acceptors (Lipinski definition) is 2. The molecule has 0 bridgehead atoms. The van der Waals surface area contributed by atoms with Gasteiger partial charge in [-0.05, 0) is 38.8 Å². The molecule has 1 heterocycles. The number of nitrogens with zero attached hydrogens (tertiary/aromatic N) is 1. The number of methoxy groups -OCH3 is 1. The molecular formula is C9H19NO. The molecule has 1 atom stereocenters. The van der Waals surface area contributed by atoms with Crippen molar-refractivity contribution in [3.8, 4) is 0 Å². The topological polar surface area (TPSA) is 12.5 Å². The van der Waals surface area contributed by atoms with Gasteiger partial charge in [-0.15, -0.1) is 0 Å². The van der Waals surface area contributed by atoms with E-state index in [-0.39, 0.29) is 0 Å². The van der Waals surface area contributed by atoms with Crippen molar-refractivity contribution < 1.29 is 4.74 Å². The fourth-order valence-corrected chi connectivity index (χ4v) is 1.78. The number of ether oxygens (including phenoxy) is 1. The summed E-state index contributed by atoms with van der Waals surface area (Å²) in [5.41, 5.74) is 0. The lowest BCUT2D eigenvalue weighted by molar-refractivity contribution is 0.187. The van der Waals surface area contributed by atoms with Gasteiger partial charge in [0.2, 0.25) is 0 Å². The van der Waals surface area contributed by atoms with Gasteiger partial charge >= 0.3 is 0 Å². The molecule has 0 amide bonds. The molecule has 0 aliphatic carbocycles. The fraction of sp³-hybridized carbons (Fsp3) is 1.00. The number of hydrogen-bond donors (Lipinski definition) is 0. The van der Waals surface area contributed by atoms with Crippen LogP contribution in [0.4, 0.5) is 0 Å². The largest absolute Gasteiger partial charge is 0.385 e. The van der Waals surface area contributed by atoms with E-state index in [1.54, 1.807) is 7.11 Å². The Bertz CT molecular complexity index is 106. The second kappa shape index (κ2) is 4.73. The summed E-state index contributed by atoms with van der Waals surface area (Å²) in [4.78, 5) is 2.41. The molecule has 1 rings (SSSR count). The van der Waals surface area contributed by atoms with Crippen LogP contribution in [-0.4, -0.2) is 38.8 Å². The van der Waals surface area contributed by atoms with E-state index in [2.05, 4.69) is 11.9 Å². The summed E-state index contributed by atoms with van der Waals surface area (Å²) in [6.07, 6.45) is 3.97. The second-order valence-electron chi connectivity index (χ2n) is 3.55. The molecule has 1 fully saturated rings. The Kier molecular flexibility index (Phi) is 3.87. The Labute approximate surface area is 69.5 Å².